The molecule has 1 unspecified atom stereocenters. The molecular weight excluding hydrogens is 352 g/mol. The summed E-state index contributed by atoms with van der Waals surface area (Å²) in [5.74, 6) is -0.284. The van der Waals surface area contributed by atoms with E-state index in [1.54, 1.807) is 12.3 Å². The summed E-state index contributed by atoms with van der Waals surface area (Å²) in [6.45, 7) is 7.68. The smallest absolute Gasteiger partial charge is 0.356 e. The molecule has 1 heterocycles. The van der Waals surface area contributed by atoms with Gasteiger partial charge in [-0.1, -0.05) is 30.3 Å². The van der Waals surface area contributed by atoms with Gasteiger partial charge in [0.05, 0.1) is 18.8 Å². The number of pyridine rings is 1. The fourth-order valence-corrected chi connectivity index (χ4v) is 2.49. The maximum Gasteiger partial charge on any atom is 0.356 e. The second-order valence-electron chi connectivity index (χ2n) is 5.91. The minimum atomic E-state index is -0.631. The Bertz CT molecular complexity index is 739. The second kappa shape index (κ2) is 9.20. The first-order chi connectivity index (χ1) is 12.5. The summed E-state index contributed by atoms with van der Waals surface area (Å²) in [5.41, 5.74) is 7.54. The van der Waals surface area contributed by atoms with Crippen LogP contribution in [0.1, 0.15) is 31.0 Å². The highest BCUT2D eigenvalue weighted by molar-refractivity contribution is 6.44. The van der Waals surface area contributed by atoms with E-state index >= 15 is 0 Å². The van der Waals surface area contributed by atoms with Crippen molar-refractivity contribution in [3.8, 4) is 0 Å². The lowest BCUT2D eigenvalue weighted by Crippen LogP contribution is -2.27. The van der Waals surface area contributed by atoms with Crippen LogP contribution in [0, 0.1) is 5.92 Å². The van der Waals surface area contributed by atoms with Crippen molar-refractivity contribution in [1.29, 1.82) is 0 Å². The van der Waals surface area contributed by atoms with Crippen LogP contribution in [0.5, 0.6) is 0 Å². The number of methoxy groups -OCH3 is 1. The van der Waals surface area contributed by atoms with Crippen molar-refractivity contribution in [1.82, 2.24) is 10.3 Å². The van der Waals surface area contributed by atoms with Crippen molar-refractivity contribution in [2.24, 2.45) is 16.6 Å². The Morgan fingerprint density at radius 2 is 2.31 bits per heavy atom. The molecule has 1 fully saturated rings. The van der Waals surface area contributed by atoms with Crippen molar-refractivity contribution in [3.05, 3.63) is 65.8 Å². The monoisotopic (exact) mass is 374 g/mol. The number of ether oxygens (including phenoxy) is 1. The van der Waals surface area contributed by atoms with Crippen LogP contribution >= 0.6 is 11.6 Å². The normalized spacial score (nSPS) is 16.3. The van der Waals surface area contributed by atoms with E-state index in [-0.39, 0.29) is 22.6 Å². The molecule has 7 heteroatoms. The molecule has 0 spiro atoms. The van der Waals surface area contributed by atoms with E-state index in [1.165, 1.54) is 7.11 Å². The summed E-state index contributed by atoms with van der Waals surface area (Å²) in [5, 5.41) is 2.93. The number of hydrogen-bond donors (Lipinski definition) is 2. The largest absolute Gasteiger partial charge is 0.464 e. The standard InChI is InChI=1S/C19H23ClN4O2/c1-4-7-15(14-8-5-6-11-22-14)24-18(21)16(20)17(19(25)26-3)23-12(2)13-9-10-13/h4-6,8,11,13,15,23H,1-2,7,9-10H2,3H3,(H2,21,24). The first-order valence-corrected chi connectivity index (χ1v) is 8.65. The van der Waals surface area contributed by atoms with E-state index in [0.29, 0.717) is 18.0 Å². The lowest BCUT2D eigenvalue weighted by Gasteiger charge is -2.15. The summed E-state index contributed by atoms with van der Waals surface area (Å²) < 4.78 is 4.80. The van der Waals surface area contributed by atoms with Crippen LogP contribution < -0.4 is 11.1 Å². The fraction of sp³-hybridized carbons (Fsp3) is 0.316. The average Bonchev–Trinajstić information content (AvgIpc) is 3.50. The summed E-state index contributed by atoms with van der Waals surface area (Å²) in [4.78, 5) is 20.8. The van der Waals surface area contributed by atoms with Gasteiger partial charge in [-0.25, -0.2) is 4.79 Å². The minimum Gasteiger partial charge on any atom is -0.464 e. The zero-order valence-electron chi connectivity index (χ0n) is 14.7. The lowest BCUT2D eigenvalue weighted by atomic mass is 10.1. The van der Waals surface area contributed by atoms with Gasteiger partial charge in [0.15, 0.2) is 0 Å². The Labute approximate surface area is 158 Å². The van der Waals surface area contributed by atoms with E-state index in [1.807, 2.05) is 18.2 Å². The van der Waals surface area contributed by atoms with Crippen molar-refractivity contribution in [2.75, 3.05) is 7.11 Å². The Balaban J connectivity index is 2.33. The molecule has 1 atom stereocenters. The van der Waals surface area contributed by atoms with Crippen LogP contribution in [0.4, 0.5) is 0 Å². The molecule has 138 valence electrons. The van der Waals surface area contributed by atoms with Gasteiger partial charge in [-0.15, -0.1) is 6.58 Å². The number of amidine groups is 1. The van der Waals surface area contributed by atoms with Crippen LogP contribution in [0.2, 0.25) is 0 Å². The van der Waals surface area contributed by atoms with Crippen molar-refractivity contribution in [3.63, 3.8) is 0 Å². The fourth-order valence-electron chi connectivity index (χ4n) is 2.32. The molecule has 1 aliphatic rings. The van der Waals surface area contributed by atoms with Gasteiger partial charge >= 0.3 is 5.97 Å². The molecule has 3 N–H and O–H groups in total. The van der Waals surface area contributed by atoms with Crippen LogP contribution in [0.3, 0.4) is 0 Å². The number of carbonyl (C=O) groups excluding carboxylic acids is 1. The van der Waals surface area contributed by atoms with Crippen LogP contribution in [0.15, 0.2) is 65.0 Å². The Kier molecular flexibility index (Phi) is 6.97. The molecule has 0 bridgehead atoms. The summed E-state index contributed by atoms with van der Waals surface area (Å²) in [6.07, 6.45) is 5.99. The number of aliphatic imine (C=N–C) groups is 1. The van der Waals surface area contributed by atoms with Crippen LogP contribution in [-0.4, -0.2) is 23.9 Å². The Morgan fingerprint density at radius 1 is 1.58 bits per heavy atom. The molecule has 0 saturated heterocycles. The van der Waals surface area contributed by atoms with Gasteiger partial charge in [-0.3, -0.25) is 9.98 Å². The third kappa shape index (κ3) is 5.20. The van der Waals surface area contributed by atoms with Crippen molar-refractivity contribution in [2.45, 2.75) is 25.3 Å². The number of nitrogens with two attached hydrogens (primary N) is 1. The third-order valence-electron chi connectivity index (χ3n) is 3.90. The Hall–Kier alpha value is -2.60. The maximum atomic E-state index is 12.1. The molecule has 26 heavy (non-hydrogen) atoms. The summed E-state index contributed by atoms with van der Waals surface area (Å²) in [6, 6.07) is 5.17. The van der Waals surface area contributed by atoms with Gasteiger partial charge in [-0.05, 0) is 37.3 Å². The highest BCUT2D eigenvalue weighted by Gasteiger charge is 2.28. The Morgan fingerprint density at radius 3 is 2.85 bits per heavy atom. The lowest BCUT2D eigenvalue weighted by molar-refractivity contribution is -0.136. The predicted octanol–water partition coefficient (Wildman–Crippen LogP) is 3.19. The highest BCUT2D eigenvalue weighted by atomic mass is 35.5. The first kappa shape index (κ1) is 19.7. The van der Waals surface area contributed by atoms with Gasteiger partial charge < -0.3 is 15.8 Å². The number of nitrogens with zero attached hydrogens (tertiary/aromatic N) is 2. The van der Waals surface area contributed by atoms with Gasteiger partial charge in [0, 0.05) is 11.9 Å². The number of carbonyl (C=O) groups is 1. The van der Waals surface area contributed by atoms with E-state index in [2.05, 4.69) is 28.5 Å². The predicted molar refractivity (Wildman–Crippen MR) is 103 cm³/mol. The number of rotatable bonds is 9. The molecule has 0 aliphatic heterocycles. The van der Waals surface area contributed by atoms with Gasteiger partial charge in [0.1, 0.15) is 16.6 Å². The molecule has 0 aromatic carbocycles. The van der Waals surface area contributed by atoms with Gasteiger partial charge in [0.25, 0.3) is 0 Å². The molecule has 1 aliphatic carbocycles. The molecule has 2 rings (SSSR count). The topological polar surface area (TPSA) is 89.6 Å². The average molecular weight is 375 g/mol. The number of halogens is 1. The third-order valence-corrected chi connectivity index (χ3v) is 4.29. The number of aromatic nitrogens is 1. The van der Waals surface area contributed by atoms with E-state index < -0.39 is 5.97 Å². The first-order valence-electron chi connectivity index (χ1n) is 8.27. The van der Waals surface area contributed by atoms with Crippen molar-refractivity contribution >= 4 is 23.4 Å². The molecule has 1 aromatic heterocycles. The molecule has 6 nitrogen and oxygen atoms in total. The number of hydrogen-bond acceptors (Lipinski definition) is 5. The SMILES string of the molecule is C=CCC(N=C(N)C(Cl)=C(NC(=C)C1CC1)C(=O)OC)c1ccccn1. The quantitative estimate of drug-likeness (QED) is 0.228. The molecular formula is C19H23ClN4O2. The van der Waals surface area contributed by atoms with Crippen LogP contribution in [0.25, 0.3) is 0 Å². The minimum absolute atomic E-state index is 0.0105. The molecule has 1 saturated carbocycles. The second-order valence-corrected chi connectivity index (χ2v) is 6.29. The van der Waals surface area contributed by atoms with E-state index in [0.717, 1.165) is 18.5 Å². The van der Waals surface area contributed by atoms with Gasteiger partial charge in [-0.2, -0.15) is 0 Å². The highest BCUT2D eigenvalue weighted by Crippen LogP contribution is 2.34. The van der Waals surface area contributed by atoms with Gasteiger partial charge in [0.2, 0.25) is 0 Å². The summed E-state index contributed by atoms with van der Waals surface area (Å²) in [7, 11) is 1.27. The van der Waals surface area contributed by atoms with E-state index in [9.17, 15) is 4.79 Å². The van der Waals surface area contributed by atoms with Crippen molar-refractivity contribution < 1.29 is 9.53 Å². The maximum absolute atomic E-state index is 12.1. The number of nitrogens with one attached hydrogen (secondary N) is 1. The molecule has 0 radical (unpaired) electrons. The molecule has 1 aromatic rings. The summed E-state index contributed by atoms with van der Waals surface area (Å²) >= 11 is 6.34. The molecule has 0 amide bonds. The van der Waals surface area contributed by atoms with Crippen LogP contribution in [-0.2, 0) is 9.53 Å². The number of esters is 1. The zero-order valence-corrected chi connectivity index (χ0v) is 15.5. The zero-order chi connectivity index (χ0) is 19.1. The van der Waals surface area contributed by atoms with E-state index in [4.69, 9.17) is 22.1 Å². The number of allylic oxidation sites excluding steroid dienone is 1.